The number of nitrogens with zero attached hydrogens (tertiary/aromatic N) is 2. The third-order valence-corrected chi connectivity index (χ3v) is 3.81. The zero-order valence-electron chi connectivity index (χ0n) is 10.3. The summed E-state index contributed by atoms with van der Waals surface area (Å²) < 4.78 is 0. The third kappa shape index (κ3) is 2.90. The quantitative estimate of drug-likeness (QED) is 0.908. The van der Waals surface area contributed by atoms with Crippen molar-refractivity contribution < 1.29 is 5.11 Å². The monoisotopic (exact) mass is 248 g/mol. The van der Waals surface area contributed by atoms with E-state index in [0.717, 1.165) is 16.3 Å². The largest absolute Gasteiger partial charge is 0.386 e. The van der Waals surface area contributed by atoms with E-state index in [9.17, 15) is 5.11 Å². The zero-order valence-corrected chi connectivity index (χ0v) is 11.1. The maximum atomic E-state index is 10.1. The molecule has 4 heteroatoms. The summed E-state index contributed by atoms with van der Waals surface area (Å²) in [5, 5.41) is 11.0. The van der Waals surface area contributed by atoms with Crippen LogP contribution < -0.4 is 0 Å². The number of hydrogen-bond acceptors (Lipinski definition) is 4. The van der Waals surface area contributed by atoms with Gasteiger partial charge in [-0.05, 0) is 32.4 Å². The minimum Gasteiger partial charge on any atom is -0.386 e. The van der Waals surface area contributed by atoms with Gasteiger partial charge in [-0.15, -0.1) is 11.3 Å². The van der Waals surface area contributed by atoms with Gasteiger partial charge in [-0.25, -0.2) is 4.98 Å². The van der Waals surface area contributed by atoms with Crippen LogP contribution in [0.1, 0.15) is 32.9 Å². The Kier molecular flexibility index (Phi) is 3.54. The number of aryl methyl sites for hydroxylation is 3. The Balaban J connectivity index is 2.11. The molecule has 90 valence electrons. The molecular formula is C13H16N2OS. The molecule has 0 aliphatic heterocycles. The van der Waals surface area contributed by atoms with Crippen LogP contribution in [-0.4, -0.2) is 15.1 Å². The Labute approximate surface area is 105 Å². The average Bonchev–Trinajstić information content (AvgIpc) is 2.58. The first kappa shape index (κ1) is 12.2. The first-order valence-electron chi connectivity index (χ1n) is 5.60. The molecule has 0 fully saturated rings. The van der Waals surface area contributed by atoms with Gasteiger partial charge in [0.05, 0.1) is 16.4 Å². The van der Waals surface area contributed by atoms with E-state index in [-0.39, 0.29) is 0 Å². The van der Waals surface area contributed by atoms with E-state index in [1.165, 1.54) is 4.88 Å². The maximum Gasteiger partial charge on any atom is 0.102 e. The second-order valence-corrected chi connectivity index (χ2v) is 5.52. The van der Waals surface area contributed by atoms with Crippen molar-refractivity contribution in [3.05, 3.63) is 45.2 Å². The van der Waals surface area contributed by atoms with Gasteiger partial charge in [0.15, 0.2) is 0 Å². The Morgan fingerprint density at radius 1 is 1.29 bits per heavy atom. The Hall–Kier alpha value is -1.26. The fourth-order valence-electron chi connectivity index (χ4n) is 1.57. The molecule has 1 N–H and O–H groups in total. The lowest BCUT2D eigenvalue weighted by atomic mass is 10.1. The highest BCUT2D eigenvalue weighted by Gasteiger charge is 2.13. The third-order valence-electron chi connectivity index (χ3n) is 2.72. The normalized spacial score (nSPS) is 12.7. The van der Waals surface area contributed by atoms with Crippen molar-refractivity contribution >= 4 is 11.3 Å². The van der Waals surface area contributed by atoms with Crippen LogP contribution in [0.15, 0.2) is 18.3 Å². The number of pyridine rings is 1. The molecule has 2 heterocycles. The van der Waals surface area contributed by atoms with Crippen molar-refractivity contribution in [2.24, 2.45) is 0 Å². The number of hydrogen-bond donors (Lipinski definition) is 1. The number of thiazole rings is 1. The van der Waals surface area contributed by atoms with Gasteiger partial charge in [0.2, 0.25) is 0 Å². The molecule has 0 amide bonds. The fourth-order valence-corrected chi connectivity index (χ4v) is 2.54. The van der Waals surface area contributed by atoms with E-state index < -0.39 is 6.10 Å². The molecule has 1 atom stereocenters. The molecule has 2 rings (SSSR count). The maximum absolute atomic E-state index is 10.1. The van der Waals surface area contributed by atoms with E-state index in [2.05, 4.69) is 9.97 Å². The van der Waals surface area contributed by atoms with E-state index in [1.54, 1.807) is 17.5 Å². The van der Waals surface area contributed by atoms with E-state index in [4.69, 9.17) is 0 Å². The molecule has 0 radical (unpaired) electrons. The molecule has 3 nitrogen and oxygen atoms in total. The van der Waals surface area contributed by atoms with Gasteiger partial charge in [0.25, 0.3) is 0 Å². The smallest absolute Gasteiger partial charge is 0.102 e. The zero-order chi connectivity index (χ0) is 12.4. The van der Waals surface area contributed by atoms with Crippen molar-refractivity contribution in [2.75, 3.05) is 0 Å². The van der Waals surface area contributed by atoms with Crippen LogP contribution in [0.5, 0.6) is 0 Å². The van der Waals surface area contributed by atoms with Gasteiger partial charge in [0, 0.05) is 17.5 Å². The lowest BCUT2D eigenvalue weighted by Gasteiger charge is -2.07. The summed E-state index contributed by atoms with van der Waals surface area (Å²) in [4.78, 5) is 9.87. The van der Waals surface area contributed by atoms with Gasteiger partial charge in [0.1, 0.15) is 6.10 Å². The fraction of sp³-hybridized carbons (Fsp3) is 0.385. The van der Waals surface area contributed by atoms with Gasteiger partial charge in [-0.2, -0.15) is 0 Å². The Bertz CT molecular complexity index is 485. The molecule has 0 spiro atoms. The summed E-state index contributed by atoms with van der Waals surface area (Å²) in [5.74, 6) is 0. The molecular weight excluding hydrogens is 232 g/mol. The van der Waals surface area contributed by atoms with Gasteiger partial charge in [-0.3, -0.25) is 4.98 Å². The summed E-state index contributed by atoms with van der Waals surface area (Å²) in [5.41, 5.74) is 2.86. The number of rotatable bonds is 3. The lowest BCUT2D eigenvalue weighted by Crippen LogP contribution is -2.03. The van der Waals surface area contributed by atoms with E-state index >= 15 is 0 Å². The molecule has 0 saturated heterocycles. The summed E-state index contributed by atoms with van der Waals surface area (Å²) in [6.07, 6.45) is 1.74. The van der Waals surface area contributed by atoms with Crippen LogP contribution >= 0.6 is 11.3 Å². The Morgan fingerprint density at radius 2 is 2.06 bits per heavy atom. The first-order valence-corrected chi connectivity index (χ1v) is 6.41. The average molecular weight is 248 g/mol. The van der Waals surface area contributed by atoms with Crippen LogP contribution in [-0.2, 0) is 6.42 Å². The van der Waals surface area contributed by atoms with Crippen molar-refractivity contribution in [3.63, 3.8) is 0 Å². The van der Waals surface area contributed by atoms with Crippen LogP contribution in [0.3, 0.4) is 0 Å². The molecule has 0 aliphatic carbocycles. The van der Waals surface area contributed by atoms with Gasteiger partial charge < -0.3 is 5.11 Å². The van der Waals surface area contributed by atoms with Crippen LogP contribution in [0.4, 0.5) is 0 Å². The van der Waals surface area contributed by atoms with Crippen LogP contribution in [0, 0.1) is 20.8 Å². The standard InChI is InChI=1S/C13H16N2OS/c1-8-4-5-11(14-7-8)12(16)6-13-15-9(2)10(3)17-13/h4-5,7,12,16H,6H2,1-3H3. The molecule has 0 aliphatic rings. The first-order chi connectivity index (χ1) is 8.06. The number of aliphatic hydroxyl groups is 1. The van der Waals surface area contributed by atoms with Crippen molar-refractivity contribution in [2.45, 2.75) is 33.3 Å². The van der Waals surface area contributed by atoms with Crippen molar-refractivity contribution in [1.29, 1.82) is 0 Å². The molecule has 0 bridgehead atoms. The predicted molar refractivity (Wildman–Crippen MR) is 69.2 cm³/mol. The molecule has 0 saturated carbocycles. The molecule has 0 aromatic carbocycles. The topological polar surface area (TPSA) is 46.0 Å². The minimum absolute atomic E-state index is 0.537. The highest BCUT2D eigenvalue weighted by atomic mass is 32.1. The summed E-state index contributed by atoms with van der Waals surface area (Å²) in [6, 6.07) is 3.83. The molecule has 17 heavy (non-hydrogen) atoms. The number of aromatic nitrogens is 2. The van der Waals surface area contributed by atoms with Crippen molar-refractivity contribution in [1.82, 2.24) is 9.97 Å². The molecule has 2 aromatic rings. The predicted octanol–water partition coefficient (Wildman–Crippen LogP) is 2.74. The van der Waals surface area contributed by atoms with Gasteiger partial charge >= 0.3 is 0 Å². The highest BCUT2D eigenvalue weighted by molar-refractivity contribution is 7.11. The molecule has 1 unspecified atom stereocenters. The summed E-state index contributed by atoms with van der Waals surface area (Å²) >= 11 is 1.64. The van der Waals surface area contributed by atoms with Crippen LogP contribution in [0.25, 0.3) is 0 Å². The SMILES string of the molecule is Cc1ccc(C(O)Cc2nc(C)c(C)s2)nc1. The minimum atomic E-state index is -0.569. The van der Waals surface area contributed by atoms with E-state index in [1.807, 2.05) is 32.9 Å². The van der Waals surface area contributed by atoms with Gasteiger partial charge in [-0.1, -0.05) is 6.07 Å². The summed E-state index contributed by atoms with van der Waals surface area (Å²) in [6.45, 7) is 6.02. The second-order valence-electron chi connectivity index (χ2n) is 4.23. The summed E-state index contributed by atoms with van der Waals surface area (Å²) in [7, 11) is 0. The Morgan fingerprint density at radius 3 is 2.59 bits per heavy atom. The lowest BCUT2D eigenvalue weighted by molar-refractivity contribution is 0.173. The second kappa shape index (κ2) is 4.94. The van der Waals surface area contributed by atoms with E-state index in [0.29, 0.717) is 12.1 Å². The van der Waals surface area contributed by atoms with Crippen molar-refractivity contribution in [3.8, 4) is 0 Å². The van der Waals surface area contributed by atoms with Crippen LogP contribution in [0.2, 0.25) is 0 Å². The molecule has 2 aromatic heterocycles. The number of aliphatic hydroxyl groups excluding tert-OH is 1. The highest BCUT2D eigenvalue weighted by Crippen LogP contribution is 2.22.